The predicted octanol–water partition coefficient (Wildman–Crippen LogP) is -3.34. The summed E-state index contributed by atoms with van der Waals surface area (Å²) in [7, 11) is -1.60. The van der Waals surface area contributed by atoms with E-state index < -0.39 is 55.2 Å². The number of nitrogens with zero attached hydrogens (tertiary/aromatic N) is 4. The summed E-state index contributed by atoms with van der Waals surface area (Å²) in [5.74, 6) is -4.59. The topological polar surface area (TPSA) is 250 Å². The van der Waals surface area contributed by atoms with Crippen molar-refractivity contribution < 1.29 is 58.6 Å². The van der Waals surface area contributed by atoms with Gasteiger partial charge in [0.05, 0.1) is 32.3 Å². The Morgan fingerprint density at radius 3 is 1.48 bits per heavy atom. The first-order valence-corrected chi connectivity index (χ1v) is 15.5. The van der Waals surface area contributed by atoms with E-state index in [9.17, 15) is 54.1 Å². The third kappa shape index (κ3) is 15.9. The largest absolute Gasteiger partial charge is 0.480 e. The van der Waals surface area contributed by atoms with Crippen LogP contribution in [-0.4, -0.2) is 185 Å². The van der Waals surface area contributed by atoms with Crippen LogP contribution in [0.4, 0.5) is 0 Å². The second-order valence-corrected chi connectivity index (χ2v) is 12.9. The number of carboxylic acid groups (broad SMARTS) is 3. The van der Waals surface area contributed by atoms with Crippen molar-refractivity contribution in [2.45, 2.75) is 37.8 Å². The maximum Gasteiger partial charge on any atom is 0.317 e. The number of aliphatic carboxylic acids is 3. The van der Waals surface area contributed by atoms with Crippen LogP contribution < -0.4 is 10.6 Å². The van der Waals surface area contributed by atoms with Gasteiger partial charge in [-0.2, -0.15) is 0 Å². The molecule has 1 rings (SSSR count). The summed E-state index contributed by atoms with van der Waals surface area (Å²) in [6.45, 7) is 2.99. The van der Waals surface area contributed by atoms with Crippen LogP contribution in [0.5, 0.6) is 0 Å². The minimum absolute atomic E-state index is 0.105. The fraction of sp³-hybridized carbons (Fsp3) is 0.800. The molecule has 0 aromatic carbocycles. The van der Waals surface area contributed by atoms with Crippen molar-refractivity contribution in [1.29, 1.82) is 0 Å². The molecule has 4 unspecified atom stereocenters. The van der Waals surface area contributed by atoms with E-state index in [1.807, 2.05) is 0 Å². The molecular formula is C25H47N6O12P. The summed E-state index contributed by atoms with van der Waals surface area (Å²) < 4.78 is 16.5. The van der Waals surface area contributed by atoms with E-state index in [1.165, 1.54) is 21.0 Å². The van der Waals surface area contributed by atoms with Gasteiger partial charge < -0.3 is 40.7 Å². The molecule has 254 valence electrons. The molecule has 19 heteroatoms. The number of aliphatic hydroxyl groups excluding tert-OH is 1. The minimum Gasteiger partial charge on any atom is -0.480 e. The zero-order valence-corrected chi connectivity index (χ0v) is 26.4. The number of nitrogens with one attached hydrogen (secondary N) is 2. The average Bonchev–Trinajstić information content (AvgIpc) is 2.91. The normalized spacial score (nSPS) is 20.2. The van der Waals surface area contributed by atoms with E-state index in [1.54, 1.807) is 19.6 Å². The van der Waals surface area contributed by atoms with Crippen LogP contribution in [0.3, 0.4) is 0 Å². The van der Waals surface area contributed by atoms with Crippen molar-refractivity contribution in [1.82, 2.24) is 30.2 Å². The van der Waals surface area contributed by atoms with Gasteiger partial charge in [0.2, 0.25) is 19.8 Å². The molecule has 4 atom stereocenters. The van der Waals surface area contributed by atoms with E-state index in [0.717, 1.165) is 0 Å². The number of carbonyl (C=O) groups excluding carboxylic acids is 2. The number of amides is 2. The summed E-state index contributed by atoms with van der Waals surface area (Å²) in [5.41, 5.74) is 0. The smallest absolute Gasteiger partial charge is 0.317 e. The summed E-state index contributed by atoms with van der Waals surface area (Å²) in [4.78, 5) is 66.5. The molecular weight excluding hydrogens is 607 g/mol. The molecule has 0 saturated carbocycles. The molecule has 0 bridgehead atoms. The molecule has 1 heterocycles. The maximum atomic E-state index is 13.0. The first-order valence-electron chi connectivity index (χ1n) is 14.1. The van der Waals surface area contributed by atoms with Crippen molar-refractivity contribution in [3.05, 3.63) is 0 Å². The number of rotatable bonds is 16. The number of hydrogen-bond donors (Lipinski definition) is 7. The molecule has 0 aromatic heterocycles. The molecule has 2 amide bonds. The fourth-order valence-corrected chi connectivity index (χ4v) is 5.24. The maximum absolute atomic E-state index is 13.0. The van der Waals surface area contributed by atoms with Gasteiger partial charge in [-0.3, -0.25) is 48.1 Å². The zero-order chi connectivity index (χ0) is 33.4. The third-order valence-corrected chi connectivity index (χ3v) is 8.49. The van der Waals surface area contributed by atoms with Gasteiger partial charge in [-0.25, -0.2) is 0 Å². The molecule has 1 aliphatic rings. The molecule has 0 aliphatic carbocycles. The predicted molar refractivity (Wildman–Crippen MR) is 157 cm³/mol. The van der Waals surface area contributed by atoms with E-state index >= 15 is 0 Å². The molecule has 1 aliphatic heterocycles. The summed E-state index contributed by atoms with van der Waals surface area (Å²) in [6, 6.07) is -1.36. The van der Waals surface area contributed by atoms with E-state index in [2.05, 4.69) is 10.6 Å². The minimum atomic E-state index is -2.79. The third-order valence-electron chi connectivity index (χ3n) is 6.99. The molecule has 0 spiro atoms. The van der Waals surface area contributed by atoms with Crippen LogP contribution >= 0.6 is 8.03 Å². The van der Waals surface area contributed by atoms with Crippen LogP contribution in [0, 0.1) is 0 Å². The molecule has 18 nitrogen and oxygen atoms in total. The lowest BCUT2D eigenvalue weighted by Crippen LogP contribution is -2.55. The molecule has 7 N–H and O–H groups in total. The monoisotopic (exact) mass is 654 g/mol. The van der Waals surface area contributed by atoms with E-state index in [4.69, 9.17) is 4.52 Å². The Kier molecular flexibility index (Phi) is 17.6. The van der Waals surface area contributed by atoms with Crippen molar-refractivity contribution in [3.63, 3.8) is 0 Å². The van der Waals surface area contributed by atoms with Crippen molar-refractivity contribution in [2.24, 2.45) is 0 Å². The second-order valence-electron chi connectivity index (χ2n) is 10.9. The van der Waals surface area contributed by atoms with Gasteiger partial charge in [-0.15, -0.1) is 0 Å². The number of carbonyl (C=O) groups is 5. The first kappa shape index (κ1) is 39.3. The molecule has 44 heavy (non-hydrogen) atoms. The van der Waals surface area contributed by atoms with E-state index in [-0.39, 0.29) is 91.5 Å². The lowest BCUT2D eigenvalue weighted by atomic mass is 10.1. The van der Waals surface area contributed by atoms with Crippen LogP contribution in [0.1, 0.15) is 20.3 Å². The SMILES string of the molecule is CO[PH](=O)C(C)(O)CCNC(=O)C(NC(=O)CN1CCN(CC(=O)O)CCN(CC(=O)O)CCN(CC(=O)O)CC1)C(C)O. The quantitative estimate of drug-likeness (QED) is 0.0804. The van der Waals surface area contributed by atoms with Crippen molar-refractivity contribution in [3.8, 4) is 0 Å². The van der Waals surface area contributed by atoms with Crippen LogP contribution in [0.15, 0.2) is 0 Å². The van der Waals surface area contributed by atoms with Crippen LogP contribution in [-0.2, 0) is 33.1 Å². The van der Waals surface area contributed by atoms with Gasteiger partial charge in [0, 0.05) is 72.4 Å². The van der Waals surface area contributed by atoms with Crippen molar-refractivity contribution >= 4 is 37.8 Å². The Morgan fingerprint density at radius 2 is 1.16 bits per heavy atom. The Morgan fingerprint density at radius 1 is 0.795 bits per heavy atom. The highest BCUT2D eigenvalue weighted by Crippen LogP contribution is 2.38. The molecule has 0 aromatic rings. The molecule has 0 radical (unpaired) electrons. The summed E-state index contributed by atoms with van der Waals surface area (Å²) in [5, 5.41) is 51.7. The summed E-state index contributed by atoms with van der Waals surface area (Å²) >= 11 is 0. The highest BCUT2D eigenvalue weighted by atomic mass is 31.1. The standard InChI is InChI=1S/C25H47N6O12P/c1-18(32)23(24(40)26-5-4-25(2,41)44(42)43-3)27-19(33)14-28-6-8-29(15-20(34)35)10-12-31(17-22(38)39)13-11-30(9-7-28)16-21(36)37/h18,23,32,41,44H,4-17H2,1-3H3,(H,26,40)(H,27,33)(H,34,35)(H,36,37)(H,38,39). The second kappa shape index (κ2) is 19.6. The average molecular weight is 655 g/mol. The Labute approximate surface area is 256 Å². The van der Waals surface area contributed by atoms with Gasteiger partial charge in [0.1, 0.15) is 11.4 Å². The van der Waals surface area contributed by atoms with Crippen molar-refractivity contribution in [2.75, 3.05) is 92.2 Å². The van der Waals surface area contributed by atoms with Gasteiger partial charge >= 0.3 is 17.9 Å². The molecule has 1 saturated heterocycles. The number of hydrogen-bond acceptors (Lipinski definition) is 13. The Balaban J connectivity index is 2.98. The zero-order valence-electron chi connectivity index (χ0n) is 25.4. The molecule has 1 fully saturated rings. The van der Waals surface area contributed by atoms with E-state index in [0.29, 0.717) is 0 Å². The van der Waals surface area contributed by atoms with Gasteiger partial charge in [-0.05, 0) is 13.8 Å². The van der Waals surface area contributed by atoms with Gasteiger partial charge in [0.15, 0.2) is 0 Å². The van der Waals surface area contributed by atoms with Crippen LogP contribution in [0.2, 0.25) is 0 Å². The van der Waals surface area contributed by atoms with Gasteiger partial charge in [-0.1, -0.05) is 0 Å². The number of aliphatic hydroxyl groups is 2. The Hall–Kier alpha value is -2.70. The van der Waals surface area contributed by atoms with Crippen LogP contribution in [0.25, 0.3) is 0 Å². The Bertz CT molecular complexity index is 969. The lowest BCUT2D eigenvalue weighted by molar-refractivity contribution is -0.140. The highest BCUT2D eigenvalue weighted by Gasteiger charge is 2.30. The van der Waals surface area contributed by atoms with Gasteiger partial charge in [0.25, 0.3) is 0 Å². The number of carboxylic acids is 3. The highest BCUT2D eigenvalue weighted by molar-refractivity contribution is 7.40. The lowest BCUT2D eigenvalue weighted by Gasteiger charge is -2.33. The fourth-order valence-electron chi connectivity index (χ4n) is 4.47. The summed E-state index contributed by atoms with van der Waals surface area (Å²) in [6.07, 6.45) is -1.40. The first-order chi connectivity index (χ1) is 20.5.